The predicted molar refractivity (Wildman–Crippen MR) is 70.4 cm³/mol. The van der Waals surface area contributed by atoms with E-state index in [4.69, 9.17) is 12.2 Å². The normalized spacial score (nSPS) is 20.6. The van der Waals surface area contributed by atoms with Crippen molar-refractivity contribution in [1.29, 1.82) is 0 Å². The first-order valence-electron chi connectivity index (χ1n) is 5.49. The van der Waals surface area contributed by atoms with Crippen LogP contribution in [0.3, 0.4) is 0 Å². The fraction of sp³-hybridized carbons (Fsp3) is 0.455. The van der Waals surface area contributed by atoms with Crippen LogP contribution < -0.4 is 0 Å². The minimum atomic E-state index is 0.721. The third-order valence-electron chi connectivity index (χ3n) is 2.99. The zero-order chi connectivity index (χ0) is 11.0. The largest absolute Gasteiger partial charge is 0.329 e. The van der Waals surface area contributed by atoms with Crippen molar-refractivity contribution in [3.63, 3.8) is 0 Å². The van der Waals surface area contributed by atoms with E-state index in [0.29, 0.717) is 0 Å². The Morgan fingerprint density at radius 1 is 1.62 bits per heavy atom. The SMILES string of the molecule is S=c1[nH]c2cnccc2n1CC1CCCS1. The smallest absolute Gasteiger partial charge is 0.178 e. The van der Waals surface area contributed by atoms with Gasteiger partial charge in [-0.25, -0.2) is 0 Å². The molecule has 2 aromatic rings. The quantitative estimate of drug-likeness (QED) is 0.833. The number of aromatic nitrogens is 3. The molecule has 84 valence electrons. The molecule has 1 atom stereocenters. The molecule has 0 bridgehead atoms. The molecule has 0 radical (unpaired) electrons. The minimum Gasteiger partial charge on any atom is -0.329 e. The van der Waals surface area contributed by atoms with Crippen molar-refractivity contribution in [3.05, 3.63) is 23.2 Å². The Balaban J connectivity index is 2.01. The number of aromatic amines is 1. The first-order chi connectivity index (χ1) is 7.84. The number of hydrogen-bond acceptors (Lipinski definition) is 3. The molecule has 5 heteroatoms. The summed E-state index contributed by atoms with van der Waals surface area (Å²) >= 11 is 7.42. The number of hydrogen-bond donors (Lipinski definition) is 1. The molecule has 1 fully saturated rings. The Hall–Kier alpha value is -0.810. The van der Waals surface area contributed by atoms with Gasteiger partial charge in [0.1, 0.15) is 0 Å². The predicted octanol–water partition coefficient (Wildman–Crippen LogP) is 2.99. The fourth-order valence-electron chi connectivity index (χ4n) is 2.18. The lowest BCUT2D eigenvalue weighted by Crippen LogP contribution is -2.09. The summed E-state index contributed by atoms with van der Waals surface area (Å²) in [7, 11) is 0. The molecule has 3 rings (SSSR count). The summed E-state index contributed by atoms with van der Waals surface area (Å²) in [6, 6.07) is 2.03. The van der Waals surface area contributed by atoms with E-state index < -0.39 is 0 Å². The van der Waals surface area contributed by atoms with Crippen LogP contribution in [0, 0.1) is 4.77 Å². The monoisotopic (exact) mass is 251 g/mol. The molecule has 0 spiro atoms. The molecule has 0 amide bonds. The molecule has 0 aromatic carbocycles. The van der Waals surface area contributed by atoms with E-state index in [-0.39, 0.29) is 0 Å². The Bertz CT molecular complexity index is 552. The fourth-order valence-corrected chi connectivity index (χ4v) is 3.72. The summed E-state index contributed by atoms with van der Waals surface area (Å²) in [5.41, 5.74) is 2.21. The van der Waals surface area contributed by atoms with Crippen LogP contribution in [0.1, 0.15) is 12.8 Å². The molecule has 16 heavy (non-hydrogen) atoms. The number of imidazole rings is 1. The van der Waals surface area contributed by atoms with Gasteiger partial charge in [0.25, 0.3) is 0 Å². The summed E-state index contributed by atoms with van der Waals surface area (Å²) in [4.78, 5) is 7.31. The van der Waals surface area contributed by atoms with Crippen LogP contribution in [-0.4, -0.2) is 25.5 Å². The molecular formula is C11H13N3S2. The highest BCUT2D eigenvalue weighted by atomic mass is 32.2. The topological polar surface area (TPSA) is 33.6 Å². The maximum atomic E-state index is 5.36. The summed E-state index contributed by atoms with van der Waals surface area (Å²) in [6.07, 6.45) is 6.31. The van der Waals surface area contributed by atoms with Gasteiger partial charge in [-0.3, -0.25) is 4.98 Å². The highest BCUT2D eigenvalue weighted by Gasteiger charge is 2.17. The van der Waals surface area contributed by atoms with Crippen molar-refractivity contribution in [1.82, 2.24) is 14.5 Å². The van der Waals surface area contributed by atoms with Gasteiger partial charge in [0.2, 0.25) is 0 Å². The zero-order valence-electron chi connectivity index (χ0n) is 8.85. The van der Waals surface area contributed by atoms with Crippen molar-refractivity contribution in [2.75, 3.05) is 5.75 Å². The van der Waals surface area contributed by atoms with Crippen molar-refractivity contribution < 1.29 is 0 Å². The van der Waals surface area contributed by atoms with Crippen LogP contribution in [0.25, 0.3) is 11.0 Å². The molecule has 2 aromatic heterocycles. The second-order valence-corrected chi connectivity index (χ2v) is 5.86. The lowest BCUT2D eigenvalue weighted by molar-refractivity contribution is 0.645. The molecule has 1 aliphatic rings. The second-order valence-electron chi connectivity index (χ2n) is 4.07. The van der Waals surface area contributed by atoms with Crippen LogP contribution in [0.4, 0.5) is 0 Å². The summed E-state index contributed by atoms with van der Waals surface area (Å²) < 4.78 is 3.02. The third kappa shape index (κ3) is 1.78. The first-order valence-corrected chi connectivity index (χ1v) is 6.94. The van der Waals surface area contributed by atoms with Gasteiger partial charge in [0, 0.05) is 18.0 Å². The standard InChI is InChI=1S/C11H13N3S2/c15-11-13-9-6-12-4-3-10(9)14(11)7-8-2-1-5-16-8/h3-4,6,8H,1-2,5,7H2,(H,13,15). The summed E-state index contributed by atoms with van der Waals surface area (Å²) in [6.45, 7) is 1.02. The zero-order valence-corrected chi connectivity index (χ0v) is 10.5. The molecule has 3 heterocycles. The number of thioether (sulfide) groups is 1. The van der Waals surface area contributed by atoms with Crippen molar-refractivity contribution >= 4 is 35.0 Å². The number of pyridine rings is 1. The van der Waals surface area contributed by atoms with Gasteiger partial charge in [0.05, 0.1) is 17.2 Å². The van der Waals surface area contributed by atoms with Gasteiger partial charge in [-0.15, -0.1) is 0 Å². The van der Waals surface area contributed by atoms with Gasteiger partial charge in [-0.1, -0.05) is 0 Å². The maximum Gasteiger partial charge on any atom is 0.178 e. The molecular weight excluding hydrogens is 238 g/mol. The number of H-pyrrole nitrogens is 1. The Kier molecular flexibility index (Phi) is 2.73. The Morgan fingerprint density at radius 2 is 2.56 bits per heavy atom. The lowest BCUT2D eigenvalue weighted by Gasteiger charge is -2.10. The van der Waals surface area contributed by atoms with Gasteiger partial charge < -0.3 is 9.55 Å². The molecule has 1 N–H and O–H groups in total. The van der Waals surface area contributed by atoms with Crippen LogP contribution >= 0.6 is 24.0 Å². The molecule has 3 nitrogen and oxygen atoms in total. The van der Waals surface area contributed by atoms with Gasteiger partial charge in [0.15, 0.2) is 4.77 Å². The van der Waals surface area contributed by atoms with E-state index in [9.17, 15) is 0 Å². The second kappa shape index (κ2) is 4.22. The first kappa shape index (κ1) is 10.4. The van der Waals surface area contributed by atoms with Gasteiger partial charge in [-0.05, 0) is 36.9 Å². The average Bonchev–Trinajstić information content (AvgIpc) is 2.89. The Labute approximate surface area is 103 Å². The highest BCUT2D eigenvalue weighted by Crippen LogP contribution is 2.28. The van der Waals surface area contributed by atoms with Crippen LogP contribution in [0.15, 0.2) is 18.5 Å². The van der Waals surface area contributed by atoms with Crippen molar-refractivity contribution in [2.45, 2.75) is 24.6 Å². The van der Waals surface area contributed by atoms with E-state index in [1.165, 1.54) is 24.1 Å². The van der Waals surface area contributed by atoms with Crippen LogP contribution in [0.5, 0.6) is 0 Å². The van der Waals surface area contributed by atoms with Crippen molar-refractivity contribution in [2.24, 2.45) is 0 Å². The molecule has 1 unspecified atom stereocenters. The number of nitrogens with zero attached hydrogens (tertiary/aromatic N) is 2. The van der Waals surface area contributed by atoms with E-state index in [2.05, 4.69) is 26.3 Å². The van der Waals surface area contributed by atoms with Gasteiger partial charge >= 0.3 is 0 Å². The number of nitrogens with one attached hydrogen (secondary N) is 1. The summed E-state index contributed by atoms with van der Waals surface area (Å²) in [5.74, 6) is 1.29. The molecule has 1 saturated heterocycles. The van der Waals surface area contributed by atoms with E-state index >= 15 is 0 Å². The van der Waals surface area contributed by atoms with E-state index in [0.717, 1.165) is 22.1 Å². The molecule has 0 aliphatic carbocycles. The summed E-state index contributed by atoms with van der Waals surface area (Å²) in [5, 5.41) is 0.721. The molecule has 1 aliphatic heterocycles. The highest BCUT2D eigenvalue weighted by molar-refractivity contribution is 8.00. The number of fused-ring (bicyclic) bond motifs is 1. The van der Waals surface area contributed by atoms with Crippen LogP contribution in [-0.2, 0) is 6.54 Å². The minimum absolute atomic E-state index is 0.721. The number of rotatable bonds is 2. The maximum absolute atomic E-state index is 5.36. The van der Waals surface area contributed by atoms with E-state index in [1.54, 1.807) is 0 Å². The van der Waals surface area contributed by atoms with Crippen LogP contribution in [0.2, 0.25) is 0 Å². The van der Waals surface area contributed by atoms with Crippen molar-refractivity contribution in [3.8, 4) is 0 Å². The van der Waals surface area contributed by atoms with E-state index in [1.807, 2.05) is 18.5 Å². The molecule has 0 saturated carbocycles. The average molecular weight is 251 g/mol. The Morgan fingerprint density at radius 3 is 3.38 bits per heavy atom. The lowest BCUT2D eigenvalue weighted by atomic mass is 10.2. The van der Waals surface area contributed by atoms with Gasteiger partial charge in [-0.2, -0.15) is 11.8 Å². The third-order valence-corrected chi connectivity index (χ3v) is 4.69.